The number of carboxylic acid groups (broad SMARTS) is 1. The van der Waals surface area contributed by atoms with Crippen LogP contribution in [0.1, 0.15) is 28.8 Å². The number of nitrogens with zero attached hydrogens (tertiary/aromatic N) is 1. The molecule has 1 unspecified atom stereocenters. The number of hydrogen-bond acceptors (Lipinski definition) is 5. The molecule has 31 heavy (non-hydrogen) atoms. The highest BCUT2D eigenvalue weighted by Crippen LogP contribution is 2.42. The summed E-state index contributed by atoms with van der Waals surface area (Å²) in [5.74, 6) is -2.44. The molecule has 0 aromatic heterocycles. The van der Waals surface area contributed by atoms with Gasteiger partial charge in [-0.15, -0.1) is 0 Å². The Bertz CT molecular complexity index is 907. The molecule has 1 amide bonds. The van der Waals surface area contributed by atoms with Gasteiger partial charge in [0.1, 0.15) is 11.1 Å². The fourth-order valence-electron chi connectivity index (χ4n) is 2.89. The van der Waals surface area contributed by atoms with Crippen LogP contribution >= 0.6 is 23.2 Å². The summed E-state index contributed by atoms with van der Waals surface area (Å²) in [5.41, 5.74) is 0.516. The number of unbranched alkanes of at least 4 members (excludes halogenated alkanes) is 1. The van der Waals surface area contributed by atoms with E-state index in [2.05, 4.69) is 10.2 Å². The topological polar surface area (TPSA) is 99.1 Å². The van der Waals surface area contributed by atoms with Crippen LogP contribution in [0, 0.1) is 0 Å². The third kappa shape index (κ3) is 7.31. The third-order valence-electron chi connectivity index (χ3n) is 4.53. The molecular formula is C22H26Cl2N2O5. The summed E-state index contributed by atoms with van der Waals surface area (Å²) < 4.78 is 5.60. The fourth-order valence-corrected chi connectivity index (χ4v) is 3.45. The molecule has 7 nitrogen and oxygen atoms in total. The maximum atomic E-state index is 12.7. The molecule has 0 aliphatic heterocycles. The molecule has 0 aliphatic rings. The Balaban J connectivity index is 2.10. The van der Waals surface area contributed by atoms with Crippen LogP contribution in [-0.4, -0.2) is 60.3 Å². The number of rotatable bonds is 11. The van der Waals surface area contributed by atoms with Crippen molar-refractivity contribution in [2.24, 2.45) is 0 Å². The number of nitrogens with one attached hydrogen (secondary N) is 1. The van der Waals surface area contributed by atoms with Crippen molar-refractivity contribution in [3.8, 4) is 11.5 Å². The lowest BCUT2D eigenvalue weighted by Gasteiger charge is -2.17. The number of ether oxygens (including phenoxy) is 1. The van der Waals surface area contributed by atoms with E-state index in [1.54, 1.807) is 24.3 Å². The minimum atomic E-state index is -1.20. The lowest BCUT2D eigenvalue weighted by atomic mass is 10.1. The van der Waals surface area contributed by atoms with Crippen LogP contribution in [-0.2, 0) is 11.2 Å². The molecule has 2 aromatic rings. The number of carbonyl (C=O) groups excluding carboxylic acids is 1. The van der Waals surface area contributed by atoms with E-state index in [0.717, 1.165) is 24.9 Å². The Hall–Kier alpha value is -2.48. The highest BCUT2D eigenvalue weighted by molar-refractivity contribution is 6.39. The second kappa shape index (κ2) is 11.8. The number of phenolic OH excluding ortho intramolecular Hbond substituents is 1. The molecular weight excluding hydrogens is 443 g/mol. The number of aromatic hydroxyl groups is 1. The molecule has 2 rings (SSSR count). The molecule has 3 N–H and O–H groups in total. The maximum absolute atomic E-state index is 12.7. The average Bonchev–Trinajstić information content (AvgIpc) is 2.72. The van der Waals surface area contributed by atoms with Crippen LogP contribution in [0.25, 0.3) is 0 Å². The van der Waals surface area contributed by atoms with E-state index in [9.17, 15) is 19.8 Å². The van der Waals surface area contributed by atoms with E-state index in [-0.39, 0.29) is 27.8 Å². The van der Waals surface area contributed by atoms with E-state index >= 15 is 0 Å². The largest absolute Gasteiger partial charge is 0.505 e. The van der Waals surface area contributed by atoms with E-state index in [4.69, 9.17) is 27.9 Å². The number of carbonyl (C=O) groups is 2. The zero-order valence-corrected chi connectivity index (χ0v) is 18.9. The first-order valence-corrected chi connectivity index (χ1v) is 10.5. The van der Waals surface area contributed by atoms with Gasteiger partial charge in [0.05, 0.1) is 17.2 Å². The number of carboxylic acids is 1. The van der Waals surface area contributed by atoms with Gasteiger partial charge in [0.15, 0.2) is 11.5 Å². The smallest absolute Gasteiger partial charge is 0.326 e. The predicted molar refractivity (Wildman–Crippen MR) is 120 cm³/mol. The van der Waals surface area contributed by atoms with E-state index in [1.807, 2.05) is 20.2 Å². The van der Waals surface area contributed by atoms with Gasteiger partial charge < -0.3 is 25.2 Å². The Morgan fingerprint density at radius 3 is 2.45 bits per heavy atom. The van der Waals surface area contributed by atoms with E-state index in [0.29, 0.717) is 6.61 Å². The number of aliphatic carboxylic acids is 1. The second-order valence-corrected chi connectivity index (χ2v) is 8.10. The van der Waals surface area contributed by atoms with Gasteiger partial charge in [-0.2, -0.15) is 0 Å². The second-order valence-electron chi connectivity index (χ2n) is 7.31. The van der Waals surface area contributed by atoms with Crippen molar-refractivity contribution < 1.29 is 24.5 Å². The Kier molecular flexibility index (Phi) is 9.43. The van der Waals surface area contributed by atoms with Gasteiger partial charge in [0.2, 0.25) is 0 Å². The average molecular weight is 469 g/mol. The molecule has 1 atom stereocenters. The predicted octanol–water partition coefficient (Wildman–Crippen LogP) is 3.85. The van der Waals surface area contributed by atoms with Crippen LogP contribution < -0.4 is 10.1 Å². The normalized spacial score (nSPS) is 11.9. The summed E-state index contributed by atoms with van der Waals surface area (Å²) in [7, 11) is 3.95. The number of amides is 1. The van der Waals surface area contributed by atoms with Gasteiger partial charge in [0, 0.05) is 6.42 Å². The van der Waals surface area contributed by atoms with Crippen molar-refractivity contribution in [2.75, 3.05) is 27.2 Å². The van der Waals surface area contributed by atoms with Gasteiger partial charge in [0.25, 0.3) is 5.91 Å². The van der Waals surface area contributed by atoms with Gasteiger partial charge in [-0.1, -0.05) is 53.5 Å². The SMILES string of the molecule is CN(C)CCCCOc1c(Cl)cc(C(=O)NC(Cc2ccccc2)C(=O)O)c(O)c1Cl. The highest BCUT2D eigenvalue weighted by atomic mass is 35.5. The Morgan fingerprint density at radius 2 is 1.84 bits per heavy atom. The minimum Gasteiger partial charge on any atom is -0.505 e. The van der Waals surface area contributed by atoms with E-state index in [1.165, 1.54) is 6.07 Å². The summed E-state index contributed by atoms with van der Waals surface area (Å²) >= 11 is 12.4. The summed E-state index contributed by atoms with van der Waals surface area (Å²) in [6.07, 6.45) is 1.75. The van der Waals surface area contributed by atoms with Crippen molar-refractivity contribution in [1.29, 1.82) is 0 Å². The van der Waals surface area contributed by atoms with Crippen LogP contribution in [0.15, 0.2) is 36.4 Å². The molecule has 0 aliphatic carbocycles. The molecule has 0 bridgehead atoms. The lowest BCUT2D eigenvalue weighted by Crippen LogP contribution is -2.42. The maximum Gasteiger partial charge on any atom is 0.326 e. The zero-order valence-electron chi connectivity index (χ0n) is 17.4. The lowest BCUT2D eigenvalue weighted by molar-refractivity contribution is -0.139. The van der Waals surface area contributed by atoms with Crippen molar-refractivity contribution in [2.45, 2.75) is 25.3 Å². The molecule has 0 fully saturated rings. The summed E-state index contributed by atoms with van der Waals surface area (Å²) in [5, 5.41) is 22.1. The Labute approximate surface area is 191 Å². The van der Waals surface area contributed by atoms with Crippen LogP contribution in [0.5, 0.6) is 11.5 Å². The zero-order chi connectivity index (χ0) is 23.0. The summed E-state index contributed by atoms with van der Waals surface area (Å²) in [4.78, 5) is 26.3. The number of halogens is 2. The van der Waals surface area contributed by atoms with Crippen LogP contribution in [0.3, 0.4) is 0 Å². The highest BCUT2D eigenvalue weighted by Gasteiger charge is 2.26. The molecule has 0 radical (unpaired) electrons. The van der Waals surface area contributed by atoms with Crippen molar-refractivity contribution in [1.82, 2.24) is 10.2 Å². The van der Waals surface area contributed by atoms with Gasteiger partial charge >= 0.3 is 5.97 Å². The summed E-state index contributed by atoms with van der Waals surface area (Å²) in [6.45, 7) is 1.25. The minimum absolute atomic E-state index is 0.0514. The van der Waals surface area contributed by atoms with Gasteiger partial charge in [-0.25, -0.2) is 4.79 Å². The third-order valence-corrected chi connectivity index (χ3v) is 5.16. The van der Waals surface area contributed by atoms with Crippen LogP contribution in [0.4, 0.5) is 0 Å². The molecule has 168 valence electrons. The van der Waals surface area contributed by atoms with Crippen molar-refractivity contribution >= 4 is 35.1 Å². The quantitative estimate of drug-likeness (QED) is 0.433. The first-order valence-electron chi connectivity index (χ1n) is 9.76. The molecule has 9 heteroatoms. The molecule has 0 saturated carbocycles. The van der Waals surface area contributed by atoms with Crippen LogP contribution in [0.2, 0.25) is 10.0 Å². The van der Waals surface area contributed by atoms with Crippen molar-refractivity contribution in [3.05, 3.63) is 57.6 Å². The standard InChI is InChI=1S/C22H26Cl2N2O5/c1-26(2)10-6-7-11-31-20-16(23)13-15(19(27)18(20)24)21(28)25-17(22(29)30)12-14-8-4-3-5-9-14/h3-5,8-9,13,17,27H,6-7,10-12H2,1-2H3,(H,25,28)(H,29,30). The van der Waals surface area contributed by atoms with Crippen molar-refractivity contribution in [3.63, 3.8) is 0 Å². The molecule has 2 aromatic carbocycles. The first kappa shape index (κ1) is 24.8. The Morgan fingerprint density at radius 1 is 1.16 bits per heavy atom. The number of benzene rings is 2. The molecule has 0 saturated heterocycles. The molecule has 0 spiro atoms. The fraction of sp³-hybridized carbons (Fsp3) is 0.364. The van der Waals surface area contributed by atoms with E-state index < -0.39 is 23.7 Å². The molecule has 0 heterocycles. The first-order chi connectivity index (χ1) is 14.7. The monoisotopic (exact) mass is 468 g/mol. The number of phenols is 1. The number of hydrogen-bond donors (Lipinski definition) is 3. The summed E-state index contributed by atoms with van der Waals surface area (Å²) in [6, 6.07) is 8.91. The van der Waals surface area contributed by atoms with Gasteiger partial charge in [-0.3, -0.25) is 4.79 Å². The van der Waals surface area contributed by atoms with Gasteiger partial charge in [-0.05, 0) is 45.1 Å².